The van der Waals surface area contributed by atoms with E-state index in [1.807, 2.05) is 11.4 Å². The zero-order valence-corrected chi connectivity index (χ0v) is 14.1. The quantitative estimate of drug-likeness (QED) is 0.692. The number of benzene rings is 2. The van der Waals surface area contributed by atoms with E-state index in [9.17, 15) is 14.4 Å². The van der Waals surface area contributed by atoms with Crippen LogP contribution < -0.4 is 15.4 Å². The minimum absolute atomic E-state index is 0.164. The highest BCUT2D eigenvalue weighted by atomic mass is 32.1. The van der Waals surface area contributed by atoms with Crippen molar-refractivity contribution >= 4 is 34.7 Å². The van der Waals surface area contributed by atoms with E-state index in [-0.39, 0.29) is 5.91 Å². The highest BCUT2D eigenvalue weighted by Crippen LogP contribution is 2.27. The van der Waals surface area contributed by atoms with Gasteiger partial charge < -0.3 is 10.1 Å². The van der Waals surface area contributed by atoms with Crippen molar-refractivity contribution in [2.75, 3.05) is 5.32 Å². The molecule has 0 unspecified atom stereocenters. The molecule has 1 aliphatic heterocycles. The van der Waals surface area contributed by atoms with Crippen LogP contribution in [0.5, 0.6) is 11.5 Å². The topological polar surface area (TPSA) is 84.5 Å². The first-order chi connectivity index (χ1) is 12.6. The van der Waals surface area contributed by atoms with E-state index in [1.54, 1.807) is 42.5 Å². The predicted octanol–water partition coefficient (Wildman–Crippen LogP) is 3.68. The van der Waals surface area contributed by atoms with Gasteiger partial charge in [-0.3, -0.25) is 19.7 Å². The predicted molar refractivity (Wildman–Crippen MR) is 97.0 cm³/mol. The molecule has 2 heterocycles. The SMILES string of the molecule is O=C(Nc1ccc(Oc2ccc3c(c2)C(=O)NC3=O)cc1)c1cccs1. The van der Waals surface area contributed by atoms with Crippen LogP contribution in [0.4, 0.5) is 5.69 Å². The third kappa shape index (κ3) is 3.07. The molecule has 0 fully saturated rings. The second-order valence-electron chi connectivity index (χ2n) is 5.55. The molecule has 4 rings (SSSR count). The summed E-state index contributed by atoms with van der Waals surface area (Å²) in [7, 11) is 0. The van der Waals surface area contributed by atoms with Crippen molar-refractivity contribution in [3.8, 4) is 11.5 Å². The lowest BCUT2D eigenvalue weighted by molar-refractivity contribution is 0.0878. The summed E-state index contributed by atoms with van der Waals surface area (Å²) >= 11 is 1.37. The van der Waals surface area contributed by atoms with E-state index < -0.39 is 11.8 Å². The zero-order valence-electron chi connectivity index (χ0n) is 13.3. The Hall–Kier alpha value is -3.45. The second-order valence-corrected chi connectivity index (χ2v) is 6.50. The summed E-state index contributed by atoms with van der Waals surface area (Å²) in [6, 6.07) is 15.2. The second kappa shape index (κ2) is 6.45. The maximum atomic E-state index is 12.0. The van der Waals surface area contributed by atoms with Crippen molar-refractivity contribution in [3.63, 3.8) is 0 Å². The van der Waals surface area contributed by atoms with Crippen LogP contribution >= 0.6 is 11.3 Å². The molecule has 2 aromatic carbocycles. The van der Waals surface area contributed by atoms with Gasteiger partial charge in [0.1, 0.15) is 11.5 Å². The number of fused-ring (bicyclic) bond motifs is 1. The summed E-state index contributed by atoms with van der Waals surface area (Å²) in [6.07, 6.45) is 0. The van der Waals surface area contributed by atoms with Crippen LogP contribution in [0.1, 0.15) is 30.4 Å². The number of carbonyl (C=O) groups excluding carboxylic acids is 3. The number of amides is 3. The average molecular weight is 364 g/mol. The summed E-state index contributed by atoms with van der Waals surface area (Å²) in [5, 5.41) is 6.89. The van der Waals surface area contributed by atoms with Gasteiger partial charge in [0, 0.05) is 5.69 Å². The molecule has 6 nitrogen and oxygen atoms in total. The lowest BCUT2D eigenvalue weighted by atomic mass is 10.1. The Labute approximate surface area is 152 Å². The summed E-state index contributed by atoms with van der Waals surface area (Å²) in [6.45, 7) is 0. The molecule has 0 radical (unpaired) electrons. The van der Waals surface area contributed by atoms with Gasteiger partial charge >= 0.3 is 0 Å². The number of hydrogen-bond acceptors (Lipinski definition) is 5. The van der Waals surface area contributed by atoms with Crippen LogP contribution in [0.25, 0.3) is 0 Å². The Morgan fingerprint density at radius 2 is 1.65 bits per heavy atom. The number of carbonyl (C=O) groups is 3. The Kier molecular flexibility index (Phi) is 3.98. The lowest BCUT2D eigenvalue weighted by Gasteiger charge is -2.08. The van der Waals surface area contributed by atoms with Crippen LogP contribution in [-0.2, 0) is 0 Å². The highest BCUT2D eigenvalue weighted by Gasteiger charge is 2.26. The maximum absolute atomic E-state index is 12.0. The Balaban J connectivity index is 1.46. The molecule has 0 bridgehead atoms. The van der Waals surface area contributed by atoms with Crippen molar-refractivity contribution in [3.05, 3.63) is 76.0 Å². The Morgan fingerprint density at radius 3 is 2.38 bits per heavy atom. The van der Waals surface area contributed by atoms with Gasteiger partial charge in [0.05, 0.1) is 16.0 Å². The van der Waals surface area contributed by atoms with Crippen LogP contribution in [0.2, 0.25) is 0 Å². The van der Waals surface area contributed by atoms with E-state index in [4.69, 9.17) is 4.74 Å². The fraction of sp³-hybridized carbons (Fsp3) is 0. The molecular weight excluding hydrogens is 352 g/mol. The molecule has 7 heteroatoms. The van der Waals surface area contributed by atoms with Crippen LogP contribution in [-0.4, -0.2) is 17.7 Å². The first-order valence-corrected chi connectivity index (χ1v) is 8.60. The van der Waals surface area contributed by atoms with Crippen molar-refractivity contribution in [2.24, 2.45) is 0 Å². The highest BCUT2D eigenvalue weighted by molar-refractivity contribution is 7.12. The molecule has 0 saturated heterocycles. The standard InChI is InChI=1S/C19H12N2O4S/c22-17-14-8-7-13(10-15(14)18(23)21-17)25-12-5-3-11(4-6-12)20-19(24)16-2-1-9-26-16/h1-10H,(H,20,24)(H,21,22,23). The molecule has 0 aliphatic carbocycles. The first-order valence-electron chi connectivity index (χ1n) is 7.73. The summed E-state index contributed by atoms with van der Waals surface area (Å²) in [5.41, 5.74) is 1.29. The van der Waals surface area contributed by atoms with Crippen LogP contribution in [0.15, 0.2) is 60.0 Å². The minimum Gasteiger partial charge on any atom is -0.457 e. The average Bonchev–Trinajstić information content (AvgIpc) is 3.26. The molecule has 26 heavy (non-hydrogen) atoms. The van der Waals surface area contributed by atoms with E-state index in [1.165, 1.54) is 17.4 Å². The number of nitrogens with one attached hydrogen (secondary N) is 2. The molecule has 1 aromatic heterocycles. The van der Waals surface area contributed by atoms with Gasteiger partial charge in [0.25, 0.3) is 17.7 Å². The minimum atomic E-state index is -0.429. The third-order valence-electron chi connectivity index (χ3n) is 3.80. The van der Waals surface area contributed by atoms with Gasteiger partial charge in [-0.2, -0.15) is 0 Å². The lowest BCUT2D eigenvalue weighted by Crippen LogP contribution is -2.19. The Bertz CT molecular complexity index is 1010. The van der Waals surface area contributed by atoms with Gasteiger partial charge in [-0.1, -0.05) is 6.07 Å². The maximum Gasteiger partial charge on any atom is 0.265 e. The molecule has 3 aromatic rings. The van der Waals surface area contributed by atoms with Gasteiger partial charge in [0.15, 0.2) is 0 Å². The van der Waals surface area contributed by atoms with Crippen molar-refractivity contribution in [1.29, 1.82) is 0 Å². The van der Waals surface area contributed by atoms with E-state index in [0.717, 1.165) is 0 Å². The molecule has 128 valence electrons. The molecule has 2 N–H and O–H groups in total. The summed E-state index contributed by atoms with van der Waals surface area (Å²) in [5.74, 6) is 0.000202. The molecule has 0 atom stereocenters. The van der Waals surface area contributed by atoms with Gasteiger partial charge in [-0.15, -0.1) is 11.3 Å². The fourth-order valence-corrected chi connectivity index (χ4v) is 3.17. The number of anilines is 1. The molecule has 1 aliphatic rings. The summed E-state index contributed by atoms with van der Waals surface area (Å²) < 4.78 is 5.72. The van der Waals surface area contributed by atoms with Crippen molar-refractivity contribution < 1.29 is 19.1 Å². The number of imide groups is 1. The summed E-state index contributed by atoms with van der Waals surface area (Å²) in [4.78, 5) is 35.9. The zero-order chi connectivity index (χ0) is 18.1. The number of rotatable bonds is 4. The molecule has 3 amide bonds. The van der Waals surface area contributed by atoms with Crippen molar-refractivity contribution in [2.45, 2.75) is 0 Å². The van der Waals surface area contributed by atoms with Gasteiger partial charge in [0.2, 0.25) is 0 Å². The van der Waals surface area contributed by atoms with Crippen molar-refractivity contribution in [1.82, 2.24) is 5.32 Å². The third-order valence-corrected chi connectivity index (χ3v) is 4.67. The molecule has 0 saturated carbocycles. The van der Waals surface area contributed by atoms with Gasteiger partial charge in [-0.25, -0.2) is 0 Å². The van der Waals surface area contributed by atoms with Gasteiger partial charge in [-0.05, 0) is 53.9 Å². The van der Waals surface area contributed by atoms with Crippen LogP contribution in [0, 0.1) is 0 Å². The normalized spacial score (nSPS) is 12.5. The van der Waals surface area contributed by atoms with Crippen LogP contribution in [0.3, 0.4) is 0 Å². The Morgan fingerprint density at radius 1 is 0.923 bits per heavy atom. The fourth-order valence-electron chi connectivity index (χ4n) is 2.55. The number of hydrogen-bond donors (Lipinski definition) is 2. The van der Waals surface area contributed by atoms with E-state index in [2.05, 4.69) is 10.6 Å². The van der Waals surface area contributed by atoms with E-state index >= 15 is 0 Å². The van der Waals surface area contributed by atoms with E-state index in [0.29, 0.717) is 33.2 Å². The smallest absolute Gasteiger partial charge is 0.265 e. The largest absolute Gasteiger partial charge is 0.457 e. The first kappa shape index (κ1) is 16.0. The molecular formula is C19H12N2O4S. The monoisotopic (exact) mass is 364 g/mol. The number of ether oxygens (including phenoxy) is 1. The molecule has 0 spiro atoms. The number of thiophene rings is 1.